The second kappa shape index (κ2) is 4.18. The zero-order valence-corrected chi connectivity index (χ0v) is 10.9. The largest absolute Gasteiger partial charge is 0.395 e. The van der Waals surface area contributed by atoms with Crippen molar-refractivity contribution in [1.29, 1.82) is 0 Å². The van der Waals surface area contributed by atoms with E-state index in [1.54, 1.807) is 18.2 Å². The summed E-state index contributed by atoms with van der Waals surface area (Å²) in [5.74, 6) is 0. The van der Waals surface area contributed by atoms with Gasteiger partial charge in [-0.3, -0.25) is 0 Å². The van der Waals surface area contributed by atoms with Crippen LogP contribution in [0.2, 0.25) is 0 Å². The summed E-state index contributed by atoms with van der Waals surface area (Å²) in [4.78, 5) is 0.322. The van der Waals surface area contributed by atoms with E-state index in [1.165, 1.54) is 6.26 Å². The van der Waals surface area contributed by atoms with E-state index in [0.29, 0.717) is 4.90 Å². The Kier molecular flexibility index (Phi) is 3.45. The van der Waals surface area contributed by atoms with Gasteiger partial charge in [0.15, 0.2) is 9.84 Å². The quantitative estimate of drug-likeness (QED) is 0.877. The van der Waals surface area contributed by atoms with Gasteiger partial charge in [0.25, 0.3) is 0 Å². The van der Waals surface area contributed by atoms with Gasteiger partial charge in [-0.05, 0) is 30.2 Å². The lowest BCUT2D eigenvalue weighted by Gasteiger charge is -2.24. The lowest BCUT2D eigenvalue weighted by molar-refractivity contribution is 0.218. The second-order valence-electron chi connectivity index (χ2n) is 4.79. The fourth-order valence-electron chi connectivity index (χ4n) is 1.71. The molecule has 0 amide bonds. The molecule has 1 aromatic carbocycles. The molecule has 3 nitrogen and oxygen atoms in total. The average Bonchev–Trinajstić information content (AvgIpc) is 2.16. The number of aliphatic hydroxyl groups excluding tert-OH is 1. The van der Waals surface area contributed by atoms with Crippen LogP contribution in [-0.4, -0.2) is 26.4 Å². The molecule has 0 heterocycles. The van der Waals surface area contributed by atoms with Crippen LogP contribution in [0, 0.1) is 6.92 Å². The third-order valence-electron chi connectivity index (χ3n) is 2.75. The van der Waals surface area contributed by atoms with E-state index < -0.39 is 9.84 Å². The van der Waals surface area contributed by atoms with Crippen LogP contribution in [0.3, 0.4) is 0 Å². The molecule has 1 N–H and O–H groups in total. The first-order valence-corrected chi connectivity index (χ1v) is 6.99. The Bertz CT molecular complexity index is 487. The lowest BCUT2D eigenvalue weighted by atomic mass is 9.83. The summed E-state index contributed by atoms with van der Waals surface area (Å²) in [5, 5.41) is 9.28. The highest BCUT2D eigenvalue weighted by molar-refractivity contribution is 7.90. The van der Waals surface area contributed by atoms with Crippen molar-refractivity contribution in [2.24, 2.45) is 0 Å². The number of benzene rings is 1. The number of hydrogen-bond acceptors (Lipinski definition) is 3. The van der Waals surface area contributed by atoms with Crippen LogP contribution in [0.1, 0.15) is 25.0 Å². The van der Waals surface area contributed by atoms with Gasteiger partial charge in [0.2, 0.25) is 0 Å². The van der Waals surface area contributed by atoms with Gasteiger partial charge < -0.3 is 5.11 Å². The highest BCUT2D eigenvalue weighted by Crippen LogP contribution is 2.27. The molecule has 4 heteroatoms. The first-order chi connectivity index (χ1) is 7.18. The number of aliphatic hydroxyl groups is 1. The minimum absolute atomic E-state index is 0.0338. The molecule has 0 bridgehead atoms. The molecule has 0 aliphatic heterocycles. The summed E-state index contributed by atoms with van der Waals surface area (Å²) in [5.41, 5.74) is 1.52. The van der Waals surface area contributed by atoms with Crippen molar-refractivity contribution in [2.75, 3.05) is 12.9 Å². The summed E-state index contributed by atoms with van der Waals surface area (Å²) in [6.07, 6.45) is 1.19. The van der Waals surface area contributed by atoms with Crippen molar-refractivity contribution < 1.29 is 13.5 Å². The molecule has 0 saturated heterocycles. The molecule has 0 atom stereocenters. The molecule has 0 fully saturated rings. The number of sulfone groups is 1. The zero-order valence-electron chi connectivity index (χ0n) is 10.1. The van der Waals surface area contributed by atoms with Gasteiger partial charge >= 0.3 is 0 Å². The molecular formula is C12H18O3S. The molecule has 0 aromatic heterocycles. The Labute approximate surface area is 97.0 Å². The molecule has 16 heavy (non-hydrogen) atoms. The standard InChI is InChI=1S/C12H18O3S/c1-9-7-10(16(4,14)15)5-6-11(9)12(2,3)8-13/h5-7,13H,8H2,1-4H3. The minimum Gasteiger partial charge on any atom is -0.395 e. The maximum atomic E-state index is 11.4. The van der Waals surface area contributed by atoms with Crippen LogP contribution in [-0.2, 0) is 15.3 Å². The fourth-order valence-corrected chi connectivity index (χ4v) is 2.42. The maximum Gasteiger partial charge on any atom is 0.175 e. The Morgan fingerprint density at radius 3 is 2.25 bits per heavy atom. The molecular weight excluding hydrogens is 224 g/mol. The molecule has 0 aliphatic carbocycles. The van der Waals surface area contributed by atoms with Crippen LogP contribution in [0.15, 0.2) is 23.1 Å². The number of rotatable bonds is 3. The molecule has 0 saturated carbocycles. The topological polar surface area (TPSA) is 54.4 Å². The van der Waals surface area contributed by atoms with Gasteiger partial charge in [-0.2, -0.15) is 0 Å². The van der Waals surface area contributed by atoms with Crippen LogP contribution in [0.25, 0.3) is 0 Å². The molecule has 0 radical (unpaired) electrons. The summed E-state index contributed by atoms with van der Waals surface area (Å²) in [6.45, 7) is 5.75. The summed E-state index contributed by atoms with van der Waals surface area (Å²) >= 11 is 0. The van der Waals surface area contributed by atoms with Crippen molar-refractivity contribution in [3.8, 4) is 0 Å². The van der Waals surface area contributed by atoms with E-state index >= 15 is 0 Å². The van der Waals surface area contributed by atoms with Crippen molar-refractivity contribution in [3.63, 3.8) is 0 Å². The molecule has 0 spiro atoms. The fraction of sp³-hybridized carbons (Fsp3) is 0.500. The molecule has 1 aromatic rings. The monoisotopic (exact) mass is 242 g/mol. The third kappa shape index (κ3) is 2.62. The van der Waals surface area contributed by atoms with Crippen molar-refractivity contribution >= 4 is 9.84 Å². The SMILES string of the molecule is Cc1cc(S(C)(=O)=O)ccc1C(C)(C)CO. The van der Waals surface area contributed by atoms with Crippen LogP contribution < -0.4 is 0 Å². The van der Waals surface area contributed by atoms with Crippen molar-refractivity contribution in [3.05, 3.63) is 29.3 Å². The maximum absolute atomic E-state index is 11.4. The normalized spacial score (nSPS) is 12.8. The smallest absolute Gasteiger partial charge is 0.175 e. The third-order valence-corrected chi connectivity index (χ3v) is 3.86. The van der Waals surface area contributed by atoms with Gasteiger partial charge in [0.05, 0.1) is 11.5 Å². The molecule has 0 unspecified atom stereocenters. The first kappa shape index (κ1) is 13.2. The van der Waals surface area contributed by atoms with Gasteiger partial charge in [0.1, 0.15) is 0 Å². The van der Waals surface area contributed by atoms with E-state index in [-0.39, 0.29) is 12.0 Å². The van der Waals surface area contributed by atoms with Crippen molar-refractivity contribution in [1.82, 2.24) is 0 Å². The highest BCUT2D eigenvalue weighted by atomic mass is 32.2. The molecule has 90 valence electrons. The van der Waals surface area contributed by atoms with Gasteiger partial charge in [-0.1, -0.05) is 19.9 Å². The average molecular weight is 242 g/mol. The molecule has 0 aliphatic rings. The van der Waals surface area contributed by atoms with Crippen LogP contribution in [0.5, 0.6) is 0 Å². The summed E-state index contributed by atoms with van der Waals surface area (Å²) < 4.78 is 22.7. The van der Waals surface area contributed by atoms with Crippen LogP contribution in [0.4, 0.5) is 0 Å². The highest BCUT2D eigenvalue weighted by Gasteiger charge is 2.22. The van der Waals surface area contributed by atoms with Gasteiger partial charge in [0, 0.05) is 11.7 Å². The van der Waals surface area contributed by atoms with Gasteiger partial charge in [-0.15, -0.1) is 0 Å². The van der Waals surface area contributed by atoms with E-state index in [0.717, 1.165) is 11.1 Å². The molecule has 1 rings (SSSR count). The van der Waals surface area contributed by atoms with E-state index in [9.17, 15) is 13.5 Å². The zero-order chi connectivity index (χ0) is 12.6. The number of aryl methyl sites for hydroxylation is 1. The predicted molar refractivity (Wildman–Crippen MR) is 64.4 cm³/mol. The Morgan fingerprint density at radius 2 is 1.88 bits per heavy atom. The minimum atomic E-state index is -3.16. The Balaban J connectivity index is 3.31. The number of hydrogen-bond donors (Lipinski definition) is 1. The Morgan fingerprint density at radius 1 is 1.31 bits per heavy atom. The summed E-state index contributed by atoms with van der Waals surface area (Å²) in [7, 11) is -3.16. The second-order valence-corrected chi connectivity index (χ2v) is 6.81. The van der Waals surface area contributed by atoms with E-state index in [2.05, 4.69) is 0 Å². The first-order valence-electron chi connectivity index (χ1n) is 5.10. The van der Waals surface area contributed by atoms with E-state index in [1.807, 2.05) is 20.8 Å². The summed E-state index contributed by atoms with van der Waals surface area (Å²) in [6, 6.07) is 5.03. The van der Waals surface area contributed by atoms with E-state index in [4.69, 9.17) is 0 Å². The van der Waals surface area contributed by atoms with Gasteiger partial charge in [-0.25, -0.2) is 8.42 Å². The van der Waals surface area contributed by atoms with Crippen LogP contribution >= 0.6 is 0 Å². The predicted octanol–water partition coefficient (Wildman–Crippen LogP) is 1.67. The Hall–Kier alpha value is -0.870. The van der Waals surface area contributed by atoms with Crippen molar-refractivity contribution in [2.45, 2.75) is 31.1 Å². The lowest BCUT2D eigenvalue weighted by Crippen LogP contribution is -2.23.